The van der Waals surface area contributed by atoms with Crippen molar-refractivity contribution in [2.75, 3.05) is 0 Å². The Kier molecular flexibility index (Phi) is 4.28. The van der Waals surface area contributed by atoms with E-state index in [1.54, 1.807) is 17.1 Å². The van der Waals surface area contributed by atoms with Gasteiger partial charge in [0.1, 0.15) is 5.82 Å². The molecule has 1 amide bonds. The van der Waals surface area contributed by atoms with Gasteiger partial charge >= 0.3 is 0 Å². The van der Waals surface area contributed by atoms with Crippen LogP contribution in [0, 0.1) is 0 Å². The van der Waals surface area contributed by atoms with Crippen LogP contribution in [-0.2, 0) is 19.5 Å². The fraction of sp³-hybridized carbons (Fsp3) is 0.333. The fourth-order valence-corrected chi connectivity index (χ4v) is 3.10. The summed E-state index contributed by atoms with van der Waals surface area (Å²) < 4.78 is 3.83. The highest BCUT2D eigenvalue weighted by atomic mass is 16.1. The molecule has 3 aromatic rings. The molecule has 0 radical (unpaired) electrons. The molecule has 2 aromatic heterocycles. The number of amides is 1. The van der Waals surface area contributed by atoms with Crippen molar-refractivity contribution in [3.05, 3.63) is 59.9 Å². The second-order valence-electron chi connectivity index (χ2n) is 6.19. The average Bonchev–Trinajstić information content (AvgIpc) is 3.22. The van der Waals surface area contributed by atoms with Crippen LogP contribution in [0.15, 0.2) is 42.7 Å². The summed E-state index contributed by atoms with van der Waals surface area (Å²) in [5.41, 5.74) is 1.45. The Morgan fingerprint density at radius 2 is 2.00 bits per heavy atom. The summed E-state index contributed by atoms with van der Waals surface area (Å²) in [6, 6.07) is 9.71. The minimum absolute atomic E-state index is 0.159. The van der Waals surface area contributed by atoms with Crippen molar-refractivity contribution in [2.24, 2.45) is 0 Å². The third-order valence-corrected chi connectivity index (χ3v) is 4.46. The van der Waals surface area contributed by atoms with Crippen molar-refractivity contribution in [1.82, 2.24) is 29.9 Å². The smallest absolute Gasteiger partial charge is 0.254 e. The first-order valence-electron chi connectivity index (χ1n) is 8.60. The lowest BCUT2D eigenvalue weighted by molar-refractivity contribution is 0.0949. The summed E-state index contributed by atoms with van der Waals surface area (Å²) in [5, 5.41) is 15.7. The molecule has 3 heterocycles. The van der Waals surface area contributed by atoms with Crippen molar-refractivity contribution in [2.45, 2.75) is 38.8 Å². The summed E-state index contributed by atoms with van der Waals surface area (Å²) >= 11 is 0. The number of aryl methyl sites for hydroxylation is 1. The van der Waals surface area contributed by atoms with Gasteiger partial charge in [-0.1, -0.05) is 24.6 Å². The zero-order chi connectivity index (χ0) is 17.1. The van der Waals surface area contributed by atoms with E-state index in [1.165, 1.54) is 6.42 Å². The van der Waals surface area contributed by atoms with Crippen LogP contribution >= 0.6 is 0 Å². The van der Waals surface area contributed by atoms with Crippen LogP contribution in [0.3, 0.4) is 0 Å². The zero-order valence-electron chi connectivity index (χ0n) is 13.9. The normalized spacial score (nSPS) is 13.9. The van der Waals surface area contributed by atoms with Gasteiger partial charge in [-0.2, -0.15) is 5.10 Å². The van der Waals surface area contributed by atoms with Gasteiger partial charge in [0.15, 0.2) is 5.82 Å². The van der Waals surface area contributed by atoms with Gasteiger partial charge < -0.3 is 9.88 Å². The van der Waals surface area contributed by atoms with E-state index in [0.29, 0.717) is 12.1 Å². The van der Waals surface area contributed by atoms with E-state index in [4.69, 9.17) is 0 Å². The summed E-state index contributed by atoms with van der Waals surface area (Å²) in [6.45, 7) is 1.31. The molecule has 7 nitrogen and oxygen atoms in total. The van der Waals surface area contributed by atoms with Crippen LogP contribution in [0.4, 0.5) is 0 Å². The molecule has 25 heavy (non-hydrogen) atoms. The molecule has 0 saturated carbocycles. The lowest BCUT2D eigenvalue weighted by Gasteiger charge is -2.07. The van der Waals surface area contributed by atoms with Gasteiger partial charge in [-0.3, -0.25) is 4.79 Å². The molecule has 0 fully saturated rings. The topological polar surface area (TPSA) is 77.6 Å². The van der Waals surface area contributed by atoms with E-state index in [9.17, 15) is 4.79 Å². The molecule has 0 bridgehead atoms. The number of carbonyl (C=O) groups is 1. The minimum atomic E-state index is -0.159. The quantitative estimate of drug-likeness (QED) is 0.792. The number of rotatable bonds is 4. The number of hydrogen-bond donors (Lipinski definition) is 1. The van der Waals surface area contributed by atoms with E-state index in [1.807, 2.05) is 30.3 Å². The fourth-order valence-electron chi connectivity index (χ4n) is 3.10. The number of nitrogens with zero attached hydrogens (tertiary/aromatic N) is 5. The second-order valence-corrected chi connectivity index (χ2v) is 6.19. The van der Waals surface area contributed by atoms with Gasteiger partial charge in [0.25, 0.3) is 5.91 Å². The summed E-state index contributed by atoms with van der Waals surface area (Å²) in [4.78, 5) is 12.4. The molecule has 0 aliphatic carbocycles. The second kappa shape index (κ2) is 6.88. The SMILES string of the molecule is O=C(NCc1nnc2n1CCCCC2)c1cnn(-c2ccccc2)c1. The number of carbonyl (C=O) groups excluding carboxylic acids is 1. The Labute approximate surface area is 145 Å². The first-order chi connectivity index (χ1) is 12.3. The van der Waals surface area contributed by atoms with Crippen molar-refractivity contribution in [3.63, 3.8) is 0 Å². The lowest BCUT2D eigenvalue weighted by Crippen LogP contribution is -2.24. The Morgan fingerprint density at radius 3 is 2.88 bits per heavy atom. The third-order valence-electron chi connectivity index (χ3n) is 4.46. The van der Waals surface area contributed by atoms with Crippen LogP contribution in [0.1, 0.15) is 41.3 Å². The first kappa shape index (κ1) is 15.6. The lowest BCUT2D eigenvalue weighted by atomic mass is 10.2. The molecule has 0 spiro atoms. The zero-order valence-corrected chi connectivity index (χ0v) is 13.9. The monoisotopic (exact) mass is 336 g/mol. The first-order valence-corrected chi connectivity index (χ1v) is 8.60. The van der Waals surface area contributed by atoms with Crippen molar-refractivity contribution in [1.29, 1.82) is 0 Å². The van der Waals surface area contributed by atoms with Crippen LogP contribution in [0.5, 0.6) is 0 Å². The summed E-state index contributed by atoms with van der Waals surface area (Å²) in [5.74, 6) is 1.69. The van der Waals surface area contributed by atoms with Crippen molar-refractivity contribution < 1.29 is 4.79 Å². The number of fused-ring (bicyclic) bond motifs is 1. The standard InChI is InChI=1S/C18H20N6O/c25-18(14-11-20-24(13-14)15-7-3-1-4-8-15)19-12-17-22-21-16-9-5-2-6-10-23(16)17/h1,3-4,7-8,11,13H,2,5-6,9-10,12H2,(H,19,25). The Hall–Kier alpha value is -2.96. The number of benzene rings is 1. The van der Waals surface area contributed by atoms with Crippen LogP contribution in [0.25, 0.3) is 5.69 Å². The van der Waals surface area contributed by atoms with E-state index in [0.717, 1.165) is 43.1 Å². The maximum Gasteiger partial charge on any atom is 0.254 e. The largest absolute Gasteiger partial charge is 0.345 e. The molecular weight excluding hydrogens is 316 g/mol. The van der Waals surface area contributed by atoms with E-state index < -0.39 is 0 Å². The van der Waals surface area contributed by atoms with Gasteiger partial charge in [0.05, 0.1) is 24.0 Å². The highest BCUT2D eigenvalue weighted by Gasteiger charge is 2.16. The Balaban J connectivity index is 1.43. The van der Waals surface area contributed by atoms with Gasteiger partial charge in [-0.25, -0.2) is 4.68 Å². The number of para-hydroxylation sites is 1. The van der Waals surface area contributed by atoms with E-state index in [2.05, 4.69) is 25.2 Å². The molecule has 7 heteroatoms. The molecule has 1 N–H and O–H groups in total. The highest BCUT2D eigenvalue weighted by molar-refractivity contribution is 5.93. The molecule has 1 aliphatic rings. The van der Waals surface area contributed by atoms with Gasteiger partial charge in [0, 0.05) is 19.2 Å². The molecule has 1 aromatic carbocycles. The van der Waals surface area contributed by atoms with Gasteiger partial charge in [0.2, 0.25) is 0 Å². The molecule has 4 rings (SSSR count). The maximum absolute atomic E-state index is 12.4. The number of nitrogens with one attached hydrogen (secondary N) is 1. The molecular formula is C18H20N6O. The summed E-state index contributed by atoms with van der Waals surface area (Å²) in [6.07, 6.45) is 7.78. The van der Waals surface area contributed by atoms with Crippen molar-refractivity contribution in [3.8, 4) is 5.69 Å². The van der Waals surface area contributed by atoms with Crippen LogP contribution < -0.4 is 5.32 Å². The van der Waals surface area contributed by atoms with E-state index in [-0.39, 0.29) is 5.91 Å². The predicted molar refractivity (Wildman–Crippen MR) is 92.3 cm³/mol. The third kappa shape index (κ3) is 3.31. The van der Waals surface area contributed by atoms with Crippen molar-refractivity contribution >= 4 is 5.91 Å². The molecule has 0 unspecified atom stereocenters. The number of hydrogen-bond acceptors (Lipinski definition) is 4. The maximum atomic E-state index is 12.4. The molecule has 0 saturated heterocycles. The Bertz CT molecular complexity index is 867. The average molecular weight is 336 g/mol. The molecule has 0 atom stereocenters. The van der Waals surface area contributed by atoms with Gasteiger partial charge in [-0.15, -0.1) is 10.2 Å². The van der Waals surface area contributed by atoms with Gasteiger partial charge in [-0.05, 0) is 25.0 Å². The predicted octanol–water partition coefficient (Wildman–Crippen LogP) is 2.12. The number of aromatic nitrogens is 5. The van der Waals surface area contributed by atoms with Crippen LogP contribution in [0.2, 0.25) is 0 Å². The van der Waals surface area contributed by atoms with E-state index >= 15 is 0 Å². The molecule has 128 valence electrons. The summed E-state index contributed by atoms with van der Waals surface area (Å²) in [7, 11) is 0. The van der Waals surface area contributed by atoms with Crippen LogP contribution in [-0.4, -0.2) is 30.5 Å². The molecule has 1 aliphatic heterocycles. The minimum Gasteiger partial charge on any atom is -0.345 e. The Morgan fingerprint density at radius 1 is 1.12 bits per heavy atom. The highest BCUT2D eigenvalue weighted by Crippen LogP contribution is 2.14.